The molecule has 0 amide bonds. The molecule has 0 N–H and O–H groups in total. The fourth-order valence-corrected chi connectivity index (χ4v) is 16.1. The van der Waals surface area contributed by atoms with Crippen LogP contribution in [0.3, 0.4) is 0 Å². The monoisotopic (exact) mass is 1530 g/mol. The molecule has 1 saturated heterocycles. The summed E-state index contributed by atoms with van der Waals surface area (Å²) >= 11 is 3.53. The van der Waals surface area contributed by atoms with E-state index in [1.807, 2.05) is 27.7 Å². The van der Waals surface area contributed by atoms with Crippen molar-refractivity contribution in [1.82, 2.24) is 83.1 Å². The van der Waals surface area contributed by atoms with Crippen LogP contribution in [0.1, 0.15) is 149 Å². The molecule has 17 aromatic rings. The SMILES string of the molecule is C.Cc1nc(CCc2nc3c4ccccc4ccc3n2C)nc(C)c1-c1cocn1.Cc1nc(CCc2nc3c4ccccc4ccc3n2C)nc(C)c1Br.Cc1nc(CCc2nc3c4ccccc4ccc3n2C)nc(C)c1C1COC1.Cn1c(CCc2nc(C3CC3)cc(C3CC3)n2)nc2c3ccccc3ccc21. The molecule has 20 heteroatoms. The van der Waals surface area contributed by atoms with Gasteiger partial charge in [-0.25, -0.2) is 64.8 Å². The number of ether oxygens (including phenoxy) is 1. The van der Waals surface area contributed by atoms with Gasteiger partial charge < -0.3 is 27.4 Å². The third-order valence-electron chi connectivity index (χ3n) is 22.2. The lowest BCUT2D eigenvalue weighted by atomic mass is 9.95. The van der Waals surface area contributed by atoms with Gasteiger partial charge in [0.05, 0.1) is 84.6 Å². The minimum atomic E-state index is 0. The average Bonchev–Trinajstić information content (AvgIpc) is 1.65. The van der Waals surface area contributed by atoms with E-state index in [0.717, 1.165) is 194 Å². The number of hydrogen-bond acceptors (Lipinski definition) is 15. The molecule has 560 valence electrons. The first-order valence-electron chi connectivity index (χ1n) is 38.4. The first kappa shape index (κ1) is 73.8. The highest BCUT2D eigenvalue weighted by molar-refractivity contribution is 9.10. The highest BCUT2D eigenvalue weighted by Gasteiger charge is 2.31. The molecule has 0 radical (unpaired) electrons. The number of rotatable bonds is 16. The van der Waals surface area contributed by atoms with Crippen molar-refractivity contribution in [2.75, 3.05) is 13.2 Å². The van der Waals surface area contributed by atoms with Gasteiger partial charge in [0.1, 0.15) is 58.6 Å². The number of oxazole rings is 1. The van der Waals surface area contributed by atoms with Crippen molar-refractivity contribution in [2.24, 2.45) is 28.2 Å². The molecule has 3 aliphatic rings. The van der Waals surface area contributed by atoms with Crippen LogP contribution in [0.2, 0.25) is 0 Å². The maximum absolute atomic E-state index is 5.34. The van der Waals surface area contributed by atoms with Crippen LogP contribution in [0, 0.1) is 41.5 Å². The smallest absolute Gasteiger partial charge is 0.181 e. The van der Waals surface area contributed by atoms with Crippen LogP contribution in [0.15, 0.2) is 173 Å². The maximum Gasteiger partial charge on any atom is 0.181 e. The number of aryl methyl sites for hydroxylation is 18. The Morgan fingerprint density at radius 3 is 0.982 bits per heavy atom. The molecule has 10 heterocycles. The Kier molecular flexibility index (Phi) is 20.7. The first-order valence-corrected chi connectivity index (χ1v) is 39.2. The van der Waals surface area contributed by atoms with Crippen molar-refractivity contribution >= 4 is 103 Å². The number of nitrogens with zero attached hydrogens (tertiary/aromatic N) is 17. The zero-order valence-electron chi connectivity index (χ0n) is 64.0. The third kappa shape index (κ3) is 15.0. The molecular formula is C91H92BrN17O2. The standard InChI is InChI=1S/C24H24N4.C23H21N5O.C23H24N4O.C20H19BrN4.CH4/c1-28-21-11-10-15-4-2-3-5-18(15)24(21)27-23(28)13-12-22-25-19(16-6-7-16)14-20(26-22)17-8-9-17;1-14-22(18-12-29-13-24-18)15(2)26-20(25-14)10-11-21-27-23-17-7-5-4-6-16(17)8-9-19(23)28(21)3;1-14-22(17-12-28-13-17)15(2)25-20(24-14)10-11-21-26-23-18-7-5-4-6-16(18)8-9-19(23)27(21)3;1-12-19(21)13(2)23-17(22-12)10-11-18-24-20-15-7-5-4-6-14(15)8-9-16(20)25(18)3;/h2-5,10-11,14,16-17H,6-9,12-13H2,1H3;4-9,12-13H,10-11H2,1-3H3;4-9,17H,10-13H2,1-3H3;4-9H,10-11H2,1-3H3;1H4. The summed E-state index contributed by atoms with van der Waals surface area (Å²) < 4.78 is 20.2. The fraction of sp³-hybridized carbons (Fsp3) is 0.308. The first-order chi connectivity index (χ1) is 53.5. The second-order valence-corrected chi connectivity index (χ2v) is 30.6. The van der Waals surface area contributed by atoms with E-state index >= 15 is 0 Å². The van der Waals surface area contributed by atoms with Gasteiger partial charge in [-0.2, -0.15) is 0 Å². The summed E-state index contributed by atoms with van der Waals surface area (Å²) in [6, 6.07) is 53.3. The molecule has 0 atom stereocenters. The molecule has 20 rings (SSSR count). The van der Waals surface area contributed by atoms with Crippen LogP contribution in [0.4, 0.5) is 0 Å². The Morgan fingerprint density at radius 1 is 0.360 bits per heavy atom. The van der Waals surface area contributed by atoms with Crippen molar-refractivity contribution in [3.05, 3.63) is 266 Å². The summed E-state index contributed by atoms with van der Waals surface area (Å²) in [4.78, 5) is 62.0. The highest BCUT2D eigenvalue weighted by atomic mass is 79.9. The van der Waals surface area contributed by atoms with Crippen molar-refractivity contribution in [2.45, 2.75) is 144 Å². The van der Waals surface area contributed by atoms with Crippen molar-refractivity contribution in [3.63, 3.8) is 0 Å². The van der Waals surface area contributed by atoms with E-state index < -0.39 is 0 Å². The van der Waals surface area contributed by atoms with E-state index in [9.17, 15) is 0 Å². The molecule has 3 fully saturated rings. The molecular weight excluding hydrogens is 1440 g/mol. The summed E-state index contributed by atoms with van der Waals surface area (Å²) in [5, 5.41) is 9.73. The molecule has 111 heavy (non-hydrogen) atoms. The second-order valence-electron chi connectivity index (χ2n) is 29.8. The minimum Gasteiger partial charge on any atom is -0.451 e. The molecule has 2 saturated carbocycles. The summed E-state index contributed by atoms with van der Waals surface area (Å²) in [5.74, 6) is 9.70. The van der Waals surface area contributed by atoms with Gasteiger partial charge in [0.15, 0.2) is 6.39 Å². The van der Waals surface area contributed by atoms with Crippen LogP contribution in [0.25, 0.3) is 98.5 Å². The Labute approximate surface area is 654 Å². The fourth-order valence-electron chi connectivity index (χ4n) is 15.9. The molecule has 0 spiro atoms. The van der Waals surface area contributed by atoms with E-state index in [-0.39, 0.29) is 7.43 Å². The maximum atomic E-state index is 5.34. The molecule has 19 nitrogen and oxygen atoms in total. The van der Waals surface area contributed by atoms with Crippen LogP contribution < -0.4 is 0 Å². The van der Waals surface area contributed by atoms with Crippen LogP contribution in [-0.2, 0) is 84.3 Å². The summed E-state index contributed by atoms with van der Waals surface area (Å²) in [6.07, 6.45) is 14.7. The lowest BCUT2D eigenvalue weighted by molar-refractivity contribution is 0.00756. The molecule has 0 unspecified atom stereocenters. The van der Waals surface area contributed by atoms with E-state index in [2.05, 4.69) is 243 Å². The van der Waals surface area contributed by atoms with E-state index in [1.165, 1.54) is 103 Å². The number of fused-ring (bicyclic) bond motifs is 12. The summed E-state index contributed by atoms with van der Waals surface area (Å²) in [6.45, 7) is 13.7. The predicted octanol–water partition coefficient (Wildman–Crippen LogP) is 19.0. The summed E-state index contributed by atoms with van der Waals surface area (Å²) in [5.41, 5.74) is 20.5. The predicted molar refractivity (Wildman–Crippen MR) is 447 cm³/mol. The molecule has 1 aliphatic heterocycles. The number of hydrogen-bond donors (Lipinski definition) is 0. The number of aromatic nitrogens is 17. The summed E-state index contributed by atoms with van der Waals surface area (Å²) in [7, 11) is 8.37. The van der Waals surface area contributed by atoms with Gasteiger partial charge in [-0.05, 0) is 135 Å². The van der Waals surface area contributed by atoms with Crippen LogP contribution >= 0.6 is 15.9 Å². The highest BCUT2D eigenvalue weighted by Crippen LogP contribution is 2.44. The lowest BCUT2D eigenvalue weighted by Gasteiger charge is -2.28. The van der Waals surface area contributed by atoms with Crippen molar-refractivity contribution < 1.29 is 9.15 Å². The second kappa shape index (κ2) is 31.2. The Morgan fingerprint density at radius 2 is 0.676 bits per heavy atom. The molecule has 8 aromatic carbocycles. The van der Waals surface area contributed by atoms with Gasteiger partial charge in [-0.15, -0.1) is 0 Å². The largest absolute Gasteiger partial charge is 0.451 e. The Bertz CT molecular complexity index is 6260. The number of benzene rings is 8. The normalized spacial score (nSPS) is 13.6. The molecule has 2 aliphatic carbocycles. The van der Waals surface area contributed by atoms with Gasteiger partial charge in [0, 0.05) is 153 Å². The van der Waals surface area contributed by atoms with Gasteiger partial charge in [-0.1, -0.05) is 129 Å². The van der Waals surface area contributed by atoms with Crippen molar-refractivity contribution in [1.29, 1.82) is 0 Å². The molecule has 9 aromatic heterocycles. The van der Waals surface area contributed by atoms with Crippen molar-refractivity contribution in [3.8, 4) is 11.3 Å². The lowest BCUT2D eigenvalue weighted by Crippen LogP contribution is -2.27. The van der Waals surface area contributed by atoms with E-state index in [1.54, 1.807) is 6.26 Å². The van der Waals surface area contributed by atoms with Gasteiger partial charge in [0.25, 0.3) is 0 Å². The zero-order valence-corrected chi connectivity index (χ0v) is 65.6. The van der Waals surface area contributed by atoms with Gasteiger partial charge >= 0.3 is 0 Å². The molecule has 0 bridgehead atoms. The Hall–Kier alpha value is -11.4. The minimum absolute atomic E-state index is 0. The van der Waals surface area contributed by atoms with Crippen LogP contribution in [0.5, 0.6) is 0 Å². The topological polar surface area (TPSA) is 210 Å². The quantitative estimate of drug-likeness (QED) is 0.0881. The zero-order chi connectivity index (χ0) is 75.4. The number of halogens is 1. The third-order valence-corrected chi connectivity index (χ3v) is 23.4. The average molecular weight is 1540 g/mol. The Balaban J connectivity index is 0.000000112. The van der Waals surface area contributed by atoms with E-state index in [4.69, 9.17) is 59.0 Å². The number of imidazole rings is 4. The van der Waals surface area contributed by atoms with Gasteiger partial charge in [0.2, 0.25) is 0 Å². The van der Waals surface area contributed by atoms with Crippen LogP contribution in [-0.4, -0.2) is 96.3 Å². The van der Waals surface area contributed by atoms with E-state index in [0.29, 0.717) is 17.8 Å². The van der Waals surface area contributed by atoms with Gasteiger partial charge in [-0.3, -0.25) is 0 Å².